The van der Waals surface area contributed by atoms with Crippen LogP contribution in [0.2, 0.25) is 0 Å². The fraction of sp³-hybridized carbons (Fsp3) is 0.375. The lowest BCUT2D eigenvalue weighted by Crippen LogP contribution is -2.19. The Balaban J connectivity index is 1.65. The molecule has 0 aromatic carbocycles. The van der Waals surface area contributed by atoms with Gasteiger partial charge in [-0.15, -0.1) is 16.4 Å². The summed E-state index contributed by atoms with van der Waals surface area (Å²) < 4.78 is 1.80. The van der Waals surface area contributed by atoms with Crippen LogP contribution in [0.5, 0.6) is 0 Å². The highest BCUT2D eigenvalue weighted by Crippen LogP contribution is 2.01. The number of hydrogen-bond donors (Lipinski definition) is 1. The highest BCUT2D eigenvalue weighted by Gasteiger charge is 1.94. The van der Waals surface area contributed by atoms with Crippen LogP contribution in [-0.4, -0.2) is 26.5 Å². The molecule has 0 radical (unpaired) electrons. The van der Waals surface area contributed by atoms with E-state index in [1.54, 1.807) is 22.2 Å². The molecular formula is C8H11N5S. The van der Waals surface area contributed by atoms with Crippen molar-refractivity contribution in [3.05, 3.63) is 29.0 Å². The molecule has 74 valence electrons. The second-order valence-electron chi connectivity index (χ2n) is 2.77. The number of hydrogen-bond acceptors (Lipinski definition) is 5. The number of nitrogens with one attached hydrogen (secondary N) is 1. The number of thiazole rings is 1. The molecule has 1 N–H and O–H groups in total. The van der Waals surface area contributed by atoms with Crippen molar-refractivity contribution >= 4 is 11.3 Å². The summed E-state index contributed by atoms with van der Waals surface area (Å²) in [5, 5.41) is 14.0. The average Bonchev–Trinajstić information content (AvgIpc) is 2.86. The minimum absolute atomic E-state index is 0.826. The maximum Gasteiger partial charge on any atom is 0.106 e. The van der Waals surface area contributed by atoms with Gasteiger partial charge in [0.2, 0.25) is 0 Å². The first-order chi connectivity index (χ1) is 6.95. The van der Waals surface area contributed by atoms with Gasteiger partial charge in [-0.25, -0.2) is 4.98 Å². The van der Waals surface area contributed by atoms with Gasteiger partial charge in [-0.05, 0) is 0 Å². The maximum atomic E-state index is 4.17. The van der Waals surface area contributed by atoms with Gasteiger partial charge in [0.15, 0.2) is 0 Å². The van der Waals surface area contributed by atoms with Crippen molar-refractivity contribution < 1.29 is 0 Å². The predicted octanol–water partition coefficient (Wildman–Crippen LogP) is 0.524. The Labute approximate surface area is 85.8 Å². The largest absolute Gasteiger partial charge is 0.309 e. The van der Waals surface area contributed by atoms with Crippen molar-refractivity contribution in [1.82, 2.24) is 25.3 Å². The molecule has 5 nitrogen and oxygen atoms in total. The van der Waals surface area contributed by atoms with E-state index in [1.165, 1.54) is 0 Å². The maximum absolute atomic E-state index is 4.17. The molecule has 2 heterocycles. The van der Waals surface area contributed by atoms with E-state index in [0.29, 0.717) is 0 Å². The van der Waals surface area contributed by atoms with E-state index < -0.39 is 0 Å². The summed E-state index contributed by atoms with van der Waals surface area (Å²) in [6, 6.07) is 0. The van der Waals surface area contributed by atoms with Gasteiger partial charge in [0.1, 0.15) is 5.01 Å². The monoisotopic (exact) mass is 209 g/mol. The smallest absolute Gasteiger partial charge is 0.106 e. The van der Waals surface area contributed by atoms with Gasteiger partial charge in [0, 0.05) is 30.9 Å². The highest BCUT2D eigenvalue weighted by atomic mass is 32.1. The molecule has 0 unspecified atom stereocenters. The van der Waals surface area contributed by atoms with Crippen LogP contribution in [0.3, 0.4) is 0 Å². The summed E-state index contributed by atoms with van der Waals surface area (Å²) in [5.74, 6) is 0. The summed E-state index contributed by atoms with van der Waals surface area (Å²) in [6.45, 7) is 2.54. The highest BCUT2D eigenvalue weighted by molar-refractivity contribution is 7.09. The Morgan fingerprint density at radius 3 is 3.14 bits per heavy atom. The molecule has 0 saturated heterocycles. The SMILES string of the molecule is c1cn(CCNCc2nccs2)nn1. The second-order valence-corrected chi connectivity index (χ2v) is 3.75. The molecular weight excluding hydrogens is 198 g/mol. The fourth-order valence-corrected chi connectivity index (χ4v) is 1.67. The van der Waals surface area contributed by atoms with Gasteiger partial charge < -0.3 is 5.32 Å². The third-order valence-corrected chi connectivity index (χ3v) is 2.53. The zero-order chi connectivity index (χ0) is 9.64. The molecule has 0 fully saturated rings. The standard InChI is InChI=1S/C8H11N5S/c1(4-13-5-2-11-12-13)9-7-8-10-3-6-14-8/h2-3,5-6,9H,1,4,7H2. The van der Waals surface area contributed by atoms with Crippen molar-refractivity contribution in [2.75, 3.05) is 6.54 Å². The lowest BCUT2D eigenvalue weighted by molar-refractivity contribution is 0.539. The molecule has 2 aromatic rings. The molecule has 2 rings (SSSR count). The van der Waals surface area contributed by atoms with Crippen LogP contribution in [0, 0.1) is 0 Å². The minimum Gasteiger partial charge on any atom is -0.309 e. The number of rotatable bonds is 5. The summed E-state index contributed by atoms with van der Waals surface area (Å²) in [4.78, 5) is 4.17. The first kappa shape index (κ1) is 9.29. The van der Waals surface area contributed by atoms with Crippen LogP contribution < -0.4 is 5.32 Å². The zero-order valence-electron chi connectivity index (χ0n) is 7.63. The lowest BCUT2D eigenvalue weighted by Gasteiger charge is -2.01. The fourth-order valence-electron chi connectivity index (χ4n) is 1.08. The molecule has 0 bridgehead atoms. The van der Waals surface area contributed by atoms with E-state index in [0.717, 1.165) is 24.6 Å². The van der Waals surface area contributed by atoms with Crippen LogP contribution in [0.25, 0.3) is 0 Å². The molecule has 0 amide bonds. The van der Waals surface area contributed by atoms with Gasteiger partial charge in [-0.2, -0.15) is 0 Å². The molecule has 0 aliphatic carbocycles. The van der Waals surface area contributed by atoms with Crippen molar-refractivity contribution in [2.24, 2.45) is 0 Å². The van der Waals surface area contributed by atoms with Crippen molar-refractivity contribution in [3.8, 4) is 0 Å². The van der Waals surface area contributed by atoms with Crippen LogP contribution in [0.15, 0.2) is 24.0 Å². The van der Waals surface area contributed by atoms with E-state index in [-0.39, 0.29) is 0 Å². The van der Waals surface area contributed by atoms with Crippen molar-refractivity contribution in [1.29, 1.82) is 0 Å². The summed E-state index contributed by atoms with van der Waals surface area (Å²) in [7, 11) is 0. The minimum atomic E-state index is 0.826. The molecule has 0 spiro atoms. The predicted molar refractivity (Wildman–Crippen MR) is 53.8 cm³/mol. The first-order valence-electron chi connectivity index (χ1n) is 4.38. The van der Waals surface area contributed by atoms with E-state index in [9.17, 15) is 0 Å². The summed E-state index contributed by atoms with van der Waals surface area (Å²) in [5.41, 5.74) is 0. The van der Waals surface area contributed by atoms with E-state index in [1.807, 2.05) is 17.8 Å². The molecule has 0 aliphatic rings. The Morgan fingerprint density at radius 2 is 2.43 bits per heavy atom. The van der Waals surface area contributed by atoms with Crippen LogP contribution >= 0.6 is 11.3 Å². The Hall–Kier alpha value is -1.27. The Morgan fingerprint density at radius 1 is 1.43 bits per heavy atom. The Bertz CT molecular complexity index is 305. The third kappa shape index (κ3) is 2.61. The van der Waals surface area contributed by atoms with Gasteiger partial charge >= 0.3 is 0 Å². The van der Waals surface area contributed by atoms with E-state index in [4.69, 9.17) is 0 Å². The zero-order valence-corrected chi connectivity index (χ0v) is 8.44. The molecule has 14 heavy (non-hydrogen) atoms. The first-order valence-corrected chi connectivity index (χ1v) is 5.26. The molecule has 2 aromatic heterocycles. The summed E-state index contributed by atoms with van der Waals surface area (Å²) in [6.07, 6.45) is 5.35. The quantitative estimate of drug-likeness (QED) is 0.730. The summed E-state index contributed by atoms with van der Waals surface area (Å²) >= 11 is 1.66. The van der Waals surface area contributed by atoms with Gasteiger partial charge in [-0.1, -0.05) is 5.21 Å². The van der Waals surface area contributed by atoms with Crippen LogP contribution in [0.1, 0.15) is 5.01 Å². The topological polar surface area (TPSA) is 55.6 Å². The van der Waals surface area contributed by atoms with Crippen LogP contribution in [-0.2, 0) is 13.1 Å². The van der Waals surface area contributed by atoms with Crippen LogP contribution in [0.4, 0.5) is 0 Å². The molecule has 0 aliphatic heterocycles. The van der Waals surface area contributed by atoms with Crippen molar-refractivity contribution in [3.63, 3.8) is 0 Å². The van der Waals surface area contributed by atoms with E-state index in [2.05, 4.69) is 20.6 Å². The number of aromatic nitrogens is 4. The second kappa shape index (κ2) is 4.83. The Kier molecular flexibility index (Phi) is 3.20. The lowest BCUT2D eigenvalue weighted by atomic mass is 10.5. The van der Waals surface area contributed by atoms with Gasteiger partial charge in [0.25, 0.3) is 0 Å². The number of nitrogens with zero attached hydrogens (tertiary/aromatic N) is 4. The van der Waals surface area contributed by atoms with Gasteiger partial charge in [0.05, 0.1) is 12.7 Å². The average molecular weight is 209 g/mol. The molecule has 6 heteroatoms. The third-order valence-electron chi connectivity index (χ3n) is 1.75. The molecule has 0 saturated carbocycles. The normalized spacial score (nSPS) is 10.6. The molecule has 0 atom stereocenters. The van der Waals surface area contributed by atoms with Crippen molar-refractivity contribution in [2.45, 2.75) is 13.1 Å². The van der Waals surface area contributed by atoms with Gasteiger partial charge in [-0.3, -0.25) is 4.68 Å². The van der Waals surface area contributed by atoms with E-state index >= 15 is 0 Å².